The second-order valence-corrected chi connectivity index (χ2v) is 7.59. The number of sulfone groups is 1. The molecule has 1 aromatic heterocycles. The number of guanidine groups is 1. The Morgan fingerprint density at radius 1 is 1.43 bits per heavy atom. The molecule has 0 bridgehead atoms. The van der Waals surface area contributed by atoms with E-state index in [1.807, 2.05) is 26.0 Å². The van der Waals surface area contributed by atoms with E-state index in [2.05, 4.69) is 20.6 Å². The molecular weight excluding hydrogens is 316 g/mol. The smallest absolute Gasteiger partial charge is 0.213 e. The molecule has 0 saturated carbocycles. The van der Waals surface area contributed by atoms with Crippen molar-refractivity contribution in [1.82, 2.24) is 15.6 Å². The molecule has 0 radical (unpaired) electrons. The van der Waals surface area contributed by atoms with Gasteiger partial charge in [0, 0.05) is 24.9 Å². The Kier molecular flexibility index (Phi) is 7.80. The third-order valence-electron chi connectivity index (χ3n) is 3.04. The molecular formula is C15H26N4O3S. The van der Waals surface area contributed by atoms with Crippen molar-refractivity contribution in [2.75, 3.05) is 25.7 Å². The van der Waals surface area contributed by atoms with Crippen molar-refractivity contribution >= 4 is 15.8 Å². The van der Waals surface area contributed by atoms with Gasteiger partial charge < -0.3 is 15.4 Å². The Hall–Kier alpha value is -1.83. The predicted molar refractivity (Wildman–Crippen MR) is 92.5 cm³/mol. The highest BCUT2D eigenvalue weighted by molar-refractivity contribution is 7.90. The zero-order valence-corrected chi connectivity index (χ0v) is 15.0. The lowest BCUT2D eigenvalue weighted by Crippen LogP contribution is -2.42. The number of pyridine rings is 1. The standard InChI is InChI=1S/C15H26N4O3S/c1-5-16-15(18-12(2)9-10-23(4,20)21)17-11-13-7-6-8-14(19-13)22-3/h6-8,12H,5,9-11H2,1-4H3,(H2,16,17,18). The van der Waals surface area contributed by atoms with E-state index in [4.69, 9.17) is 4.74 Å². The zero-order valence-electron chi connectivity index (χ0n) is 14.2. The molecule has 8 heteroatoms. The van der Waals surface area contributed by atoms with Gasteiger partial charge in [0.05, 0.1) is 25.1 Å². The van der Waals surface area contributed by atoms with Crippen LogP contribution in [-0.2, 0) is 16.4 Å². The first-order valence-electron chi connectivity index (χ1n) is 7.56. The van der Waals surface area contributed by atoms with Crippen LogP contribution in [0.25, 0.3) is 0 Å². The average Bonchev–Trinajstić information content (AvgIpc) is 2.50. The van der Waals surface area contributed by atoms with Crippen LogP contribution in [0, 0.1) is 0 Å². The summed E-state index contributed by atoms with van der Waals surface area (Å²) < 4.78 is 27.5. The number of hydrogen-bond acceptors (Lipinski definition) is 5. The lowest BCUT2D eigenvalue weighted by atomic mass is 10.3. The summed E-state index contributed by atoms with van der Waals surface area (Å²) in [7, 11) is -1.38. The van der Waals surface area contributed by atoms with Gasteiger partial charge in [-0.2, -0.15) is 0 Å². The molecule has 0 aliphatic carbocycles. The van der Waals surface area contributed by atoms with Crippen LogP contribution in [0.4, 0.5) is 0 Å². The molecule has 0 aromatic carbocycles. The van der Waals surface area contributed by atoms with Gasteiger partial charge in [-0.3, -0.25) is 0 Å². The quantitative estimate of drug-likeness (QED) is 0.540. The molecule has 1 heterocycles. The Labute approximate surface area is 138 Å². The number of aromatic nitrogens is 1. The van der Waals surface area contributed by atoms with Gasteiger partial charge in [-0.05, 0) is 26.3 Å². The van der Waals surface area contributed by atoms with E-state index in [1.54, 1.807) is 13.2 Å². The molecule has 0 amide bonds. The number of nitrogens with one attached hydrogen (secondary N) is 2. The van der Waals surface area contributed by atoms with Crippen LogP contribution in [0.3, 0.4) is 0 Å². The van der Waals surface area contributed by atoms with Crippen molar-refractivity contribution in [3.05, 3.63) is 23.9 Å². The minimum atomic E-state index is -2.95. The van der Waals surface area contributed by atoms with Gasteiger partial charge in [0.15, 0.2) is 5.96 Å². The van der Waals surface area contributed by atoms with Crippen molar-refractivity contribution in [3.8, 4) is 5.88 Å². The maximum Gasteiger partial charge on any atom is 0.213 e. The SMILES string of the molecule is CCNC(=NCc1cccc(OC)n1)NC(C)CCS(C)(=O)=O. The largest absolute Gasteiger partial charge is 0.481 e. The second kappa shape index (κ2) is 9.34. The highest BCUT2D eigenvalue weighted by Crippen LogP contribution is 2.07. The Morgan fingerprint density at radius 3 is 2.78 bits per heavy atom. The number of ether oxygens (including phenoxy) is 1. The minimum absolute atomic E-state index is 0.000735. The molecule has 23 heavy (non-hydrogen) atoms. The van der Waals surface area contributed by atoms with E-state index >= 15 is 0 Å². The normalized spacial score (nSPS) is 13.5. The van der Waals surface area contributed by atoms with E-state index < -0.39 is 9.84 Å². The zero-order chi connectivity index (χ0) is 17.3. The third kappa shape index (κ3) is 8.39. The molecule has 1 atom stereocenters. The van der Waals surface area contributed by atoms with Crippen LogP contribution in [-0.4, -0.2) is 51.1 Å². The molecule has 1 aromatic rings. The van der Waals surface area contributed by atoms with Crippen LogP contribution >= 0.6 is 0 Å². The van der Waals surface area contributed by atoms with Crippen LogP contribution in [0.2, 0.25) is 0 Å². The Balaban J connectivity index is 2.65. The van der Waals surface area contributed by atoms with Gasteiger partial charge in [0.2, 0.25) is 5.88 Å². The van der Waals surface area contributed by atoms with Gasteiger partial charge in [-0.25, -0.2) is 18.4 Å². The number of nitrogens with zero attached hydrogens (tertiary/aromatic N) is 2. The van der Waals surface area contributed by atoms with Gasteiger partial charge in [0.1, 0.15) is 9.84 Å². The molecule has 1 rings (SSSR count). The summed E-state index contributed by atoms with van der Waals surface area (Å²) in [6.07, 6.45) is 1.77. The van der Waals surface area contributed by atoms with Crippen molar-refractivity contribution < 1.29 is 13.2 Å². The molecule has 1 unspecified atom stereocenters. The molecule has 0 fully saturated rings. The van der Waals surface area contributed by atoms with Crippen molar-refractivity contribution in [1.29, 1.82) is 0 Å². The van der Waals surface area contributed by atoms with Crippen LogP contribution in [0.15, 0.2) is 23.2 Å². The first kappa shape index (κ1) is 19.2. The fraction of sp³-hybridized carbons (Fsp3) is 0.600. The number of aliphatic imine (C=N–C) groups is 1. The summed E-state index contributed by atoms with van der Waals surface area (Å²) in [4.78, 5) is 8.78. The predicted octanol–water partition coefficient (Wildman–Crippen LogP) is 0.969. The lowest BCUT2D eigenvalue weighted by molar-refractivity contribution is 0.396. The van der Waals surface area contributed by atoms with Gasteiger partial charge in [-0.1, -0.05) is 6.07 Å². The van der Waals surface area contributed by atoms with E-state index in [0.717, 1.165) is 12.2 Å². The molecule has 0 spiro atoms. The molecule has 2 N–H and O–H groups in total. The highest BCUT2D eigenvalue weighted by atomic mass is 32.2. The van der Waals surface area contributed by atoms with E-state index in [-0.39, 0.29) is 11.8 Å². The average molecular weight is 342 g/mol. The van der Waals surface area contributed by atoms with Crippen molar-refractivity contribution in [3.63, 3.8) is 0 Å². The fourth-order valence-corrected chi connectivity index (χ4v) is 2.62. The molecule has 130 valence electrons. The summed E-state index contributed by atoms with van der Waals surface area (Å²) >= 11 is 0. The maximum atomic E-state index is 11.2. The summed E-state index contributed by atoms with van der Waals surface area (Å²) in [5.41, 5.74) is 0.797. The first-order chi connectivity index (χ1) is 10.8. The maximum absolute atomic E-state index is 11.2. The summed E-state index contributed by atoms with van der Waals surface area (Å²) in [5.74, 6) is 1.34. The van der Waals surface area contributed by atoms with Crippen LogP contribution < -0.4 is 15.4 Å². The van der Waals surface area contributed by atoms with E-state index in [1.165, 1.54) is 6.26 Å². The molecule has 0 aliphatic rings. The van der Waals surface area contributed by atoms with E-state index in [0.29, 0.717) is 24.8 Å². The topological polar surface area (TPSA) is 92.7 Å². The lowest BCUT2D eigenvalue weighted by Gasteiger charge is -2.17. The van der Waals surface area contributed by atoms with Gasteiger partial charge in [0.25, 0.3) is 0 Å². The van der Waals surface area contributed by atoms with Crippen LogP contribution in [0.1, 0.15) is 26.0 Å². The Bertz CT molecular complexity index is 617. The summed E-state index contributed by atoms with van der Waals surface area (Å²) in [6, 6.07) is 5.53. The van der Waals surface area contributed by atoms with Gasteiger partial charge in [-0.15, -0.1) is 0 Å². The molecule has 0 aliphatic heterocycles. The first-order valence-corrected chi connectivity index (χ1v) is 9.62. The second-order valence-electron chi connectivity index (χ2n) is 5.33. The van der Waals surface area contributed by atoms with E-state index in [9.17, 15) is 8.42 Å². The van der Waals surface area contributed by atoms with Crippen LogP contribution in [0.5, 0.6) is 5.88 Å². The minimum Gasteiger partial charge on any atom is -0.481 e. The Morgan fingerprint density at radius 2 is 2.17 bits per heavy atom. The van der Waals surface area contributed by atoms with Crippen molar-refractivity contribution in [2.24, 2.45) is 4.99 Å². The monoisotopic (exact) mass is 342 g/mol. The molecule has 7 nitrogen and oxygen atoms in total. The fourth-order valence-electron chi connectivity index (χ4n) is 1.84. The number of hydrogen-bond donors (Lipinski definition) is 2. The molecule has 0 saturated heterocycles. The number of methoxy groups -OCH3 is 1. The van der Waals surface area contributed by atoms with Gasteiger partial charge >= 0.3 is 0 Å². The summed E-state index contributed by atoms with van der Waals surface area (Å²) in [5, 5.41) is 6.34. The van der Waals surface area contributed by atoms with Crippen molar-refractivity contribution in [2.45, 2.75) is 32.9 Å². The highest BCUT2D eigenvalue weighted by Gasteiger charge is 2.09. The number of rotatable bonds is 8. The third-order valence-corrected chi connectivity index (χ3v) is 4.02. The summed E-state index contributed by atoms with van der Waals surface area (Å²) in [6.45, 7) is 5.03.